The third-order valence-electron chi connectivity index (χ3n) is 0.738. The molecule has 0 radical (unpaired) electrons. The number of rotatable bonds is 0. The van der Waals surface area contributed by atoms with Crippen molar-refractivity contribution in [3.8, 4) is 17.9 Å². The highest BCUT2D eigenvalue weighted by atomic mass is 14.3. The van der Waals surface area contributed by atoms with E-state index in [1.807, 2.05) is 6.07 Å². The molecule has 0 fully saturated rings. The van der Waals surface area contributed by atoms with Gasteiger partial charge < -0.3 is 0 Å². The molecule has 0 saturated heterocycles. The molecule has 0 N–H and O–H groups in total. The Bertz CT molecular complexity index is 142. The van der Waals surface area contributed by atoms with E-state index < -0.39 is 0 Å². The van der Waals surface area contributed by atoms with Gasteiger partial charge in [0.15, 0.2) is 0 Å². The Kier molecular flexibility index (Phi) is 0.557. The maximum atomic E-state index is 8.03. The summed E-state index contributed by atoms with van der Waals surface area (Å²) in [7, 11) is 0. The molecule has 1 aliphatic carbocycles. The van der Waals surface area contributed by atoms with Gasteiger partial charge in [-0.2, -0.15) is 5.26 Å². The van der Waals surface area contributed by atoms with Gasteiger partial charge in [0.25, 0.3) is 0 Å². The van der Waals surface area contributed by atoms with E-state index in [9.17, 15) is 0 Å². The summed E-state index contributed by atoms with van der Waals surface area (Å²) in [5, 5.41) is 8.03. The van der Waals surface area contributed by atoms with Crippen molar-refractivity contribution in [3.63, 3.8) is 0 Å². The van der Waals surface area contributed by atoms with Crippen LogP contribution in [0.4, 0.5) is 0 Å². The normalized spacial score (nSPS) is 25.5. The standard InChI is InChI=1S/C5H3N/c6-4-5-2-1-3-5/h5H,2H2. The van der Waals surface area contributed by atoms with E-state index in [2.05, 4.69) is 11.8 Å². The van der Waals surface area contributed by atoms with Crippen LogP contribution in [-0.2, 0) is 0 Å². The first-order valence-corrected chi connectivity index (χ1v) is 1.81. The summed E-state index contributed by atoms with van der Waals surface area (Å²) < 4.78 is 0. The molecular formula is C5H3N. The number of hydrogen-bond acceptors (Lipinski definition) is 1. The lowest BCUT2D eigenvalue weighted by atomic mass is 10.0. The number of hydrogen-bond donors (Lipinski definition) is 0. The summed E-state index contributed by atoms with van der Waals surface area (Å²) in [6.45, 7) is 0. The second-order valence-electron chi connectivity index (χ2n) is 1.21. The zero-order valence-corrected chi connectivity index (χ0v) is 3.23. The van der Waals surface area contributed by atoms with Crippen molar-refractivity contribution < 1.29 is 0 Å². The van der Waals surface area contributed by atoms with Gasteiger partial charge in [0.2, 0.25) is 0 Å². The fourth-order valence-electron chi connectivity index (χ4n) is 0.282. The summed E-state index contributed by atoms with van der Waals surface area (Å²) in [6.07, 6.45) is 0.788. The molecule has 1 aliphatic rings. The van der Waals surface area contributed by atoms with E-state index in [1.54, 1.807) is 0 Å². The van der Waals surface area contributed by atoms with E-state index in [0.717, 1.165) is 6.42 Å². The molecule has 0 heterocycles. The molecule has 0 aromatic carbocycles. The van der Waals surface area contributed by atoms with E-state index in [4.69, 9.17) is 5.26 Å². The average molecular weight is 77.1 g/mol. The molecule has 0 spiro atoms. The van der Waals surface area contributed by atoms with Gasteiger partial charge in [-0.25, -0.2) is 0 Å². The fourth-order valence-corrected chi connectivity index (χ4v) is 0.282. The minimum Gasteiger partial charge on any atom is -0.197 e. The van der Waals surface area contributed by atoms with Crippen LogP contribution in [0.5, 0.6) is 0 Å². The van der Waals surface area contributed by atoms with Crippen molar-refractivity contribution in [3.05, 3.63) is 0 Å². The van der Waals surface area contributed by atoms with E-state index in [-0.39, 0.29) is 5.92 Å². The molecule has 0 aromatic heterocycles. The largest absolute Gasteiger partial charge is 0.197 e. The van der Waals surface area contributed by atoms with Crippen LogP contribution in [0.15, 0.2) is 0 Å². The fraction of sp³-hybridized carbons (Fsp3) is 0.400. The summed E-state index contributed by atoms with van der Waals surface area (Å²) in [5.74, 6) is 5.48. The molecular weight excluding hydrogens is 74.1 g/mol. The van der Waals surface area contributed by atoms with Crippen molar-refractivity contribution in [2.75, 3.05) is 0 Å². The topological polar surface area (TPSA) is 23.8 Å². The Hall–Kier alpha value is -0.950. The van der Waals surface area contributed by atoms with E-state index in [0.29, 0.717) is 0 Å². The van der Waals surface area contributed by atoms with Crippen LogP contribution in [-0.4, -0.2) is 0 Å². The minimum atomic E-state index is 0.0602. The van der Waals surface area contributed by atoms with Crippen LogP contribution in [0.1, 0.15) is 6.42 Å². The van der Waals surface area contributed by atoms with Crippen LogP contribution in [0, 0.1) is 29.1 Å². The summed E-state index contributed by atoms with van der Waals surface area (Å²) in [4.78, 5) is 0. The Morgan fingerprint density at radius 2 is 2.50 bits per heavy atom. The second-order valence-corrected chi connectivity index (χ2v) is 1.21. The van der Waals surface area contributed by atoms with Crippen LogP contribution >= 0.6 is 0 Å². The quantitative estimate of drug-likeness (QED) is 0.387. The van der Waals surface area contributed by atoms with Gasteiger partial charge in [0, 0.05) is 6.42 Å². The van der Waals surface area contributed by atoms with Gasteiger partial charge in [-0.05, 0) is 0 Å². The lowest BCUT2D eigenvalue weighted by Crippen LogP contribution is -1.97. The molecule has 28 valence electrons. The predicted molar refractivity (Wildman–Crippen MR) is 21.5 cm³/mol. The minimum absolute atomic E-state index is 0.0602. The first kappa shape index (κ1) is 3.25. The molecule has 0 saturated carbocycles. The molecule has 0 aliphatic heterocycles. The Labute approximate surface area is 36.6 Å². The number of nitriles is 1. The van der Waals surface area contributed by atoms with Crippen LogP contribution in [0.2, 0.25) is 0 Å². The first-order chi connectivity index (χ1) is 2.93. The van der Waals surface area contributed by atoms with E-state index in [1.165, 1.54) is 0 Å². The molecule has 1 nitrogen and oxygen atoms in total. The van der Waals surface area contributed by atoms with Crippen molar-refractivity contribution in [1.29, 1.82) is 5.26 Å². The third kappa shape index (κ3) is 0.258. The van der Waals surface area contributed by atoms with Gasteiger partial charge in [-0.3, -0.25) is 0 Å². The highest BCUT2D eigenvalue weighted by molar-refractivity contribution is 5.23. The van der Waals surface area contributed by atoms with Crippen LogP contribution < -0.4 is 0 Å². The summed E-state index contributed by atoms with van der Waals surface area (Å²) in [6, 6.07) is 2.03. The lowest BCUT2D eigenvalue weighted by Gasteiger charge is -1.98. The Morgan fingerprint density at radius 3 is 2.50 bits per heavy atom. The highest BCUT2D eigenvalue weighted by Gasteiger charge is 2.04. The van der Waals surface area contributed by atoms with Crippen molar-refractivity contribution in [2.45, 2.75) is 6.42 Å². The maximum Gasteiger partial charge on any atom is 0.118 e. The molecule has 0 aromatic rings. The van der Waals surface area contributed by atoms with Crippen molar-refractivity contribution in [2.24, 2.45) is 5.92 Å². The zero-order valence-electron chi connectivity index (χ0n) is 3.23. The van der Waals surface area contributed by atoms with Crippen LogP contribution in [0.25, 0.3) is 0 Å². The molecule has 1 unspecified atom stereocenters. The Morgan fingerprint density at radius 1 is 1.83 bits per heavy atom. The third-order valence-corrected chi connectivity index (χ3v) is 0.738. The number of nitrogens with zero attached hydrogens (tertiary/aromatic N) is 1. The Balaban J connectivity index is 2.55. The van der Waals surface area contributed by atoms with Crippen LogP contribution in [0.3, 0.4) is 0 Å². The average Bonchev–Trinajstić information content (AvgIpc) is 1.31. The van der Waals surface area contributed by atoms with Crippen molar-refractivity contribution >= 4 is 0 Å². The van der Waals surface area contributed by atoms with Gasteiger partial charge in [-0.1, -0.05) is 11.8 Å². The maximum absolute atomic E-state index is 8.03. The first-order valence-electron chi connectivity index (χ1n) is 1.81. The summed E-state index contributed by atoms with van der Waals surface area (Å²) in [5.41, 5.74) is 0. The van der Waals surface area contributed by atoms with Gasteiger partial charge in [-0.15, -0.1) is 0 Å². The predicted octanol–water partition coefficient (Wildman–Crippen LogP) is 0.533. The smallest absolute Gasteiger partial charge is 0.118 e. The second kappa shape index (κ2) is 1.03. The monoisotopic (exact) mass is 77.0 g/mol. The van der Waals surface area contributed by atoms with Gasteiger partial charge >= 0.3 is 0 Å². The molecule has 1 rings (SSSR count). The van der Waals surface area contributed by atoms with Gasteiger partial charge in [0.05, 0.1) is 6.07 Å². The lowest BCUT2D eigenvalue weighted by molar-refractivity contribution is 0.851. The molecule has 1 heteroatoms. The summed E-state index contributed by atoms with van der Waals surface area (Å²) >= 11 is 0. The molecule has 1 atom stereocenters. The SMILES string of the molecule is N#CC1C#CC1. The van der Waals surface area contributed by atoms with Crippen molar-refractivity contribution in [1.82, 2.24) is 0 Å². The molecule has 0 bridgehead atoms. The highest BCUT2D eigenvalue weighted by Crippen LogP contribution is 2.04. The zero-order chi connectivity index (χ0) is 4.41. The van der Waals surface area contributed by atoms with E-state index >= 15 is 0 Å². The molecule has 0 amide bonds. The van der Waals surface area contributed by atoms with Gasteiger partial charge in [0.1, 0.15) is 5.92 Å². The molecule has 6 heavy (non-hydrogen) atoms.